The topological polar surface area (TPSA) is 105 Å². The summed E-state index contributed by atoms with van der Waals surface area (Å²) in [4.78, 5) is 25.9. The Morgan fingerprint density at radius 3 is 2.75 bits per heavy atom. The SMILES string of the molecule is O=C(NC1(CO)CCCC1)c1cc([N+](=O)[O-])cnc1Cl. The minimum atomic E-state index is -0.662. The Hall–Kier alpha value is -1.73. The van der Waals surface area contributed by atoms with E-state index in [-0.39, 0.29) is 23.0 Å². The molecule has 0 radical (unpaired) electrons. The number of carbonyl (C=O) groups excluding carboxylic acids is 1. The van der Waals surface area contributed by atoms with E-state index in [1.165, 1.54) is 0 Å². The largest absolute Gasteiger partial charge is 0.394 e. The summed E-state index contributed by atoms with van der Waals surface area (Å²) in [5, 5.41) is 22.8. The average molecular weight is 300 g/mol. The highest BCUT2D eigenvalue weighted by Gasteiger charge is 2.35. The first kappa shape index (κ1) is 14.7. The van der Waals surface area contributed by atoms with Crippen LogP contribution < -0.4 is 5.32 Å². The van der Waals surface area contributed by atoms with Gasteiger partial charge in [-0.25, -0.2) is 4.98 Å². The Kier molecular flexibility index (Phi) is 4.20. The lowest BCUT2D eigenvalue weighted by Crippen LogP contribution is -2.49. The van der Waals surface area contributed by atoms with Gasteiger partial charge in [-0.2, -0.15) is 0 Å². The van der Waals surface area contributed by atoms with Crippen LogP contribution in [0.15, 0.2) is 12.3 Å². The van der Waals surface area contributed by atoms with Gasteiger partial charge in [0, 0.05) is 6.07 Å². The maximum absolute atomic E-state index is 12.2. The van der Waals surface area contributed by atoms with Crippen LogP contribution in [0.2, 0.25) is 5.15 Å². The molecular weight excluding hydrogens is 286 g/mol. The number of rotatable bonds is 4. The van der Waals surface area contributed by atoms with Crippen LogP contribution in [-0.2, 0) is 0 Å². The Balaban J connectivity index is 2.24. The molecule has 0 spiro atoms. The highest BCUT2D eigenvalue weighted by molar-refractivity contribution is 6.32. The van der Waals surface area contributed by atoms with E-state index in [1.807, 2.05) is 0 Å². The fraction of sp³-hybridized carbons (Fsp3) is 0.500. The van der Waals surface area contributed by atoms with Crippen molar-refractivity contribution in [3.8, 4) is 0 Å². The van der Waals surface area contributed by atoms with E-state index in [0.717, 1.165) is 25.1 Å². The minimum absolute atomic E-state index is 0.0550. The van der Waals surface area contributed by atoms with Crippen molar-refractivity contribution in [1.29, 1.82) is 0 Å². The predicted molar refractivity (Wildman–Crippen MR) is 71.7 cm³/mol. The number of aliphatic hydroxyl groups excluding tert-OH is 1. The van der Waals surface area contributed by atoms with Gasteiger partial charge in [0.1, 0.15) is 11.3 Å². The van der Waals surface area contributed by atoms with Gasteiger partial charge < -0.3 is 10.4 Å². The van der Waals surface area contributed by atoms with E-state index in [1.54, 1.807) is 0 Å². The van der Waals surface area contributed by atoms with E-state index < -0.39 is 16.4 Å². The zero-order chi connectivity index (χ0) is 14.8. The lowest BCUT2D eigenvalue weighted by atomic mass is 9.98. The number of hydrogen-bond donors (Lipinski definition) is 2. The van der Waals surface area contributed by atoms with Crippen molar-refractivity contribution in [3.63, 3.8) is 0 Å². The first-order chi connectivity index (χ1) is 9.47. The molecule has 1 aliphatic carbocycles. The second kappa shape index (κ2) is 5.72. The van der Waals surface area contributed by atoms with Gasteiger partial charge in [-0.15, -0.1) is 0 Å². The maximum Gasteiger partial charge on any atom is 0.288 e. The molecule has 20 heavy (non-hydrogen) atoms. The van der Waals surface area contributed by atoms with E-state index in [9.17, 15) is 20.0 Å². The van der Waals surface area contributed by atoms with Crippen LogP contribution >= 0.6 is 11.6 Å². The zero-order valence-electron chi connectivity index (χ0n) is 10.6. The summed E-state index contributed by atoms with van der Waals surface area (Å²) < 4.78 is 0. The highest BCUT2D eigenvalue weighted by Crippen LogP contribution is 2.30. The quantitative estimate of drug-likeness (QED) is 0.500. The molecule has 1 aromatic heterocycles. The Morgan fingerprint density at radius 1 is 1.55 bits per heavy atom. The Bertz CT molecular complexity index is 544. The number of amides is 1. The van der Waals surface area contributed by atoms with Crippen LogP contribution in [0.5, 0.6) is 0 Å². The number of nitrogens with zero attached hydrogens (tertiary/aromatic N) is 2. The van der Waals surface area contributed by atoms with Crippen LogP contribution in [0, 0.1) is 10.1 Å². The molecule has 1 fully saturated rings. The molecule has 1 aliphatic rings. The van der Waals surface area contributed by atoms with Crippen LogP contribution in [0.1, 0.15) is 36.0 Å². The molecule has 1 saturated carbocycles. The molecule has 0 saturated heterocycles. The van der Waals surface area contributed by atoms with Crippen LogP contribution in [0.25, 0.3) is 0 Å². The molecule has 2 rings (SSSR count). The monoisotopic (exact) mass is 299 g/mol. The number of halogens is 1. The molecule has 8 heteroatoms. The summed E-state index contributed by atoms with van der Waals surface area (Å²) in [7, 11) is 0. The second-order valence-corrected chi connectivity index (χ2v) is 5.25. The third-order valence-electron chi connectivity index (χ3n) is 3.52. The van der Waals surface area contributed by atoms with E-state index >= 15 is 0 Å². The van der Waals surface area contributed by atoms with Crippen molar-refractivity contribution >= 4 is 23.2 Å². The number of nitrogens with one attached hydrogen (secondary N) is 1. The number of carbonyl (C=O) groups is 1. The van der Waals surface area contributed by atoms with Crippen molar-refractivity contribution in [2.45, 2.75) is 31.2 Å². The molecule has 0 atom stereocenters. The van der Waals surface area contributed by atoms with Gasteiger partial charge in [-0.3, -0.25) is 14.9 Å². The zero-order valence-corrected chi connectivity index (χ0v) is 11.4. The fourth-order valence-corrected chi connectivity index (χ4v) is 2.57. The average Bonchev–Trinajstić information content (AvgIpc) is 2.88. The van der Waals surface area contributed by atoms with Crippen molar-refractivity contribution in [1.82, 2.24) is 10.3 Å². The number of pyridine rings is 1. The standard InChI is InChI=1S/C12H14ClN3O4/c13-10-9(5-8(6-14-10)16(19)20)11(18)15-12(7-17)3-1-2-4-12/h5-6,17H,1-4,7H2,(H,15,18). The number of nitro groups is 1. The molecule has 0 bridgehead atoms. The smallest absolute Gasteiger partial charge is 0.288 e. The van der Waals surface area contributed by atoms with Gasteiger partial charge in [-0.1, -0.05) is 24.4 Å². The Labute approximate surface area is 120 Å². The highest BCUT2D eigenvalue weighted by atomic mass is 35.5. The summed E-state index contributed by atoms with van der Waals surface area (Å²) in [5.74, 6) is -0.554. The summed E-state index contributed by atoms with van der Waals surface area (Å²) in [6.07, 6.45) is 4.18. The van der Waals surface area contributed by atoms with Gasteiger partial charge >= 0.3 is 0 Å². The summed E-state index contributed by atoms with van der Waals surface area (Å²) in [6, 6.07) is 1.09. The van der Waals surface area contributed by atoms with Gasteiger partial charge in [0.05, 0.1) is 22.6 Å². The van der Waals surface area contributed by atoms with E-state index in [4.69, 9.17) is 11.6 Å². The molecule has 1 heterocycles. The summed E-state index contributed by atoms with van der Waals surface area (Å²) >= 11 is 5.81. The molecular formula is C12H14ClN3O4. The third kappa shape index (κ3) is 2.88. The van der Waals surface area contributed by atoms with Gasteiger partial charge in [0.15, 0.2) is 0 Å². The number of aliphatic hydroxyl groups is 1. The van der Waals surface area contributed by atoms with Crippen LogP contribution in [0.3, 0.4) is 0 Å². The lowest BCUT2D eigenvalue weighted by molar-refractivity contribution is -0.385. The van der Waals surface area contributed by atoms with E-state index in [2.05, 4.69) is 10.3 Å². The third-order valence-corrected chi connectivity index (χ3v) is 3.82. The summed E-state index contributed by atoms with van der Waals surface area (Å²) in [5.41, 5.74) is -1.02. The number of aromatic nitrogens is 1. The maximum atomic E-state index is 12.2. The van der Waals surface area contributed by atoms with Crippen LogP contribution in [-0.4, -0.2) is 33.1 Å². The van der Waals surface area contributed by atoms with Gasteiger partial charge in [0.25, 0.3) is 11.6 Å². The first-order valence-corrected chi connectivity index (χ1v) is 6.58. The van der Waals surface area contributed by atoms with Crippen molar-refractivity contribution in [2.24, 2.45) is 0 Å². The molecule has 2 N–H and O–H groups in total. The fourth-order valence-electron chi connectivity index (χ4n) is 2.38. The van der Waals surface area contributed by atoms with Crippen molar-refractivity contribution in [2.75, 3.05) is 6.61 Å². The predicted octanol–water partition coefficient (Wildman–Crippen LogP) is 1.68. The minimum Gasteiger partial charge on any atom is -0.394 e. The molecule has 108 valence electrons. The number of hydrogen-bond acceptors (Lipinski definition) is 5. The van der Waals surface area contributed by atoms with Crippen molar-refractivity contribution in [3.05, 3.63) is 33.1 Å². The summed E-state index contributed by atoms with van der Waals surface area (Å²) in [6.45, 7) is -0.168. The van der Waals surface area contributed by atoms with Crippen LogP contribution in [0.4, 0.5) is 5.69 Å². The molecule has 0 unspecified atom stereocenters. The molecule has 1 aromatic rings. The Morgan fingerprint density at radius 2 is 2.20 bits per heavy atom. The van der Waals surface area contributed by atoms with Gasteiger partial charge in [0.2, 0.25) is 0 Å². The van der Waals surface area contributed by atoms with E-state index in [0.29, 0.717) is 12.8 Å². The molecule has 1 amide bonds. The first-order valence-electron chi connectivity index (χ1n) is 6.21. The molecule has 0 aromatic carbocycles. The van der Waals surface area contributed by atoms with Gasteiger partial charge in [-0.05, 0) is 12.8 Å². The lowest BCUT2D eigenvalue weighted by Gasteiger charge is -2.28. The second-order valence-electron chi connectivity index (χ2n) is 4.89. The normalized spacial score (nSPS) is 16.9. The van der Waals surface area contributed by atoms with Crippen molar-refractivity contribution < 1.29 is 14.8 Å². The molecule has 0 aliphatic heterocycles. The molecule has 7 nitrogen and oxygen atoms in total.